The van der Waals surface area contributed by atoms with Crippen molar-refractivity contribution in [3.8, 4) is 0 Å². The Kier molecular flexibility index (Phi) is 4.16. The topological polar surface area (TPSA) is 59.8 Å². The molecule has 5 nitrogen and oxygen atoms in total. The van der Waals surface area contributed by atoms with Crippen molar-refractivity contribution in [3.63, 3.8) is 0 Å². The largest absolute Gasteiger partial charge is 0.307 e. The molecule has 2 heterocycles. The molecular weight excluding hydrogens is 300 g/mol. The van der Waals surface area contributed by atoms with E-state index < -0.39 is 0 Å². The fourth-order valence-corrected chi connectivity index (χ4v) is 2.15. The van der Waals surface area contributed by atoms with Crippen LogP contribution in [0, 0.1) is 0 Å². The fourth-order valence-electron chi connectivity index (χ4n) is 2.02. The molecule has 0 bridgehead atoms. The molecule has 0 spiro atoms. The summed E-state index contributed by atoms with van der Waals surface area (Å²) in [6.45, 7) is 0.552. The predicted molar refractivity (Wildman–Crippen MR) is 85.0 cm³/mol. The Labute approximate surface area is 132 Å². The monoisotopic (exact) mass is 312 g/mol. The number of anilines is 1. The van der Waals surface area contributed by atoms with Crippen molar-refractivity contribution in [1.29, 1.82) is 0 Å². The van der Waals surface area contributed by atoms with Gasteiger partial charge in [0, 0.05) is 29.0 Å². The lowest BCUT2D eigenvalue weighted by Gasteiger charge is -2.09. The summed E-state index contributed by atoms with van der Waals surface area (Å²) in [7, 11) is 0. The minimum Gasteiger partial charge on any atom is -0.307 e. The average Bonchev–Trinajstić information content (AvgIpc) is 2.97. The van der Waals surface area contributed by atoms with E-state index in [1.54, 1.807) is 41.5 Å². The second-order valence-electron chi connectivity index (χ2n) is 4.69. The van der Waals surface area contributed by atoms with Gasteiger partial charge in [-0.25, -0.2) is 4.68 Å². The van der Waals surface area contributed by atoms with Crippen LogP contribution in [0.15, 0.2) is 61.1 Å². The first-order valence-electron chi connectivity index (χ1n) is 6.70. The maximum atomic E-state index is 12.2. The van der Waals surface area contributed by atoms with Gasteiger partial charge >= 0.3 is 0 Å². The van der Waals surface area contributed by atoms with Crippen molar-refractivity contribution in [1.82, 2.24) is 14.8 Å². The number of nitrogens with zero attached hydrogens (tertiary/aromatic N) is 3. The van der Waals surface area contributed by atoms with Crippen LogP contribution in [-0.2, 0) is 6.54 Å². The fraction of sp³-hybridized carbons (Fsp3) is 0.0625. The van der Waals surface area contributed by atoms with Crippen LogP contribution < -0.4 is 5.32 Å². The number of pyridine rings is 1. The van der Waals surface area contributed by atoms with Crippen LogP contribution in [0.5, 0.6) is 0 Å². The van der Waals surface area contributed by atoms with Gasteiger partial charge in [-0.3, -0.25) is 9.78 Å². The lowest BCUT2D eigenvalue weighted by atomic mass is 10.2. The molecule has 0 atom stereocenters. The summed E-state index contributed by atoms with van der Waals surface area (Å²) in [5, 5.41) is 7.77. The average molecular weight is 313 g/mol. The van der Waals surface area contributed by atoms with Crippen LogP contribution in [-0.4, -0.2) is 20.7 Å². The number of aromatic nitrogens is 3. The van der Waals surface area contributed by atoms with Gasteiger partial charge in [0.1, 0.15) is 5.82 Å². The molecule has 1 N–H and O–H groups in total. The molecule has 0 saturated heterocycles. The quantitative estimate of drug-likeness (QED) is 0.804. The first kappa shape index (κ1) is 14.3. The van der Waals surface area contributed by atoms with E-state index in [4.69, 9.17) is 11.6 Å². The second-order valence-corrected chi connectivity index (χ2v) is 5.13. The third kappa shape index (κ3) is 3.32. The van der Waals surface area contributed by atoms with Crippen molar-refractivity contribution in [2.45, 2.75) is 6.54 Å². The maximum absolute atomic E-state index is 12.2. The van der Waals surface area contributed by atoms with Gasteiger partial charge in [-0.05, 0) is 29.8 Å². The molecule has 0 aliphatic rings. The molecule has 3 rings (SSSR count). The van der Waals surface area contributed by atoms with E-state index >= 15 is 0 Å². The van der Waals surface area contributed by atoms with Crippen LogP contribution in [0.3, 0.4) is 0 Å². The summed E-state index contributed by atoms with van der Waals surface area (Å²) in [4.78, 5) is 16.1. The van der Waals surface area contributed by atoms with Crippen LogP contribution in [0.4, 0.5) is 5.82 Å². The van der Waals surface area contributed by atoms with Crippen molar-refractivity contribution < 1.29 is 4.79 Å². The number of amides is 1. The van der Waals surface area contributed by atoms with Gasteiger partial charge in [0.25, 0.3) is 5.91 Å². The SMILES string of the molecule is O=C(Nc1ccnn1Cc1ccc(Cl)cc1)c1ccncc1. The molecule has 0 unspecified atom stereocenters. The van der Waals surface area contributed by atoms with Crippen LogP contribution in [0.2, 0.25) is 5.02 Å². The zero-order valence-electron chi connectivity index (χ0n) is 11.6. The van der Waals surface area contributed by atoms with E-state index in [-0.39, 0.29) is 5.91 Å². The lowest BCUT2D eigenvalue weighted by Crippen LogP contribution is -2.16. The second kappa shape index (κ2) is 6.41. The Morgan fingerprint density at radius 1 is 1.05 bits per heavy atom. The first-order valence-corrected chi connectivity index (χ1v) is 7.08. The Balaban J connectivity index is 1.75. The number of carbonyl (C=O) groups excluding carboxylic acids is 1. The molecule has 0 radical (unpaired) electrons. The number of halogens is 1. The van der Waals surface area contributed by atoms with Gasteiger partial charge in [-0.1, -0.05) is 23.7 Å². The summed E-state index contributed by atoms with van der Waals surface area (Å²) in [6, 6.07) is 12.6. The molecule has 0 saturated carbocycles. The van der Waals surface area contributed by atoms with E-state index in [2.05, 4.69) is 15.4 Å². The van der Waals surface area contributed by atoms with Crippen LogP contribution in [0.25, 0.3) is 0 Å². The van der Waals surface area contributed by atoms with Gasteiger partial charge in [0.05, 0.1) is 12.7 Å². The van der Waals surface area contributed by atoms with Crippen LogP contribution in [0.1, 0.15) is 15.9 Å². The zero-order valence-corrected chi connectivity index (χ0v) is 12.4. The standard InChI is InChI=1S/C16H13ClN4O/c17-14-3-1-12(2-4-14)11-21-15(7-10-19-21)20-16(22)13-5-8-18-9-6-13/h1-10H,11H2,(H,20,22). The van der Waals surface area contributed by atoms with Gasteiger partial charge in [-0.2, -0.15) is 5.10 Å². The highest BCUT2D eigenvalue weighted by Crippen LogP contribution is 2.14. The molecule has 22 heavy (non-hydrogen) atoms. The summed E-state index contributed by atoms with van der Waals surface area (Å²) in [6.07, 6.45) is 4.82. The van der Waals surface area contributed by atoms with E-state index in [1.165, 1.54) is 0 Å². The number of benzene rings is 1. The summed E-state index contributed by atoms with van der Waals surface area (Å²) in [5.74, 6) is 0.442. The third-order valence-electron chi connectivity index (χ3n) is 3.15. The Bertz CT molecular complexity index is 768. The molecule has 6 heteroatoms. The molecule has 110 valence electrons. The summed E-state index contributed by atoms with van der Waals surface area (Å²) >= 11 is 5.88. The number of rotatable bonds is 4. The highest BCUT2D eigenvalue weighted by molar-refractivity contribution is 6.30. The Morgan fingerprint density at radius 2 is 1.77 bits per heavy atom. The minimum absolute atomic E-state index is 0.194. The molecule has 0 aliphatic carbocycles. The van der Waals surface area contributed by atoms with Crippen LogP contribution >= 0.6 is 11.6 Å². The third-order valence-corrected chi connectivity index (χ3v) is 3.40. The van der Waals surface area contributed by atoms with Crippen molar-refractivity contribution in [3.05, 3.63) is 77.2 Å². The summed E-state index contributed by atoms with van der Waals surface area (Å²) < 4.78 is 1.72. The molecule has 3 aromatic rings. The van der Waals surface area contributed by atoms with Crippen molar-refractivity contribution in [2.75, 3.05) is 5.32 Å². The van der Waals surface area contributed by atoms with E-state index in [0.29, 0.717) is 22.9 Å². The summed E-state index contributed by atoms with van der Waals surface area (Å²) in [5.41, 5.74) is 1.60. The molecular formula is C16H13ClN4O. The number of hydrogen-bond donors (Lipinski definition) is 1. The minimum atomic E-state index is -0.194. The van der Waals surface area contributed by atoms with E-state index in [0.717, 1.165) is 5.56 Å². The van der Waals surface area contributed by atoms with Crippen molar-refractivity contribution >= 4 is 23.3 Å². The Morgan fingerprint density at radius 3 is 2.50 bits per heavy atom. The molecule has 1 amide bonds. The molecule has 0 fully saturated rings. The maximum Gasteiger partial charge on any atom is 0.256 e. The molecule has 0 aliphatic heterocycles. The van der Waals surface area contributed by atoms with Crippen molar-refractivity contribution in [2.24, 2.45) is 0 Å². The smallest absolute Gasteiger partial charge is 0.256 e. The van der Waals surface area contributed by atoms with E-state index in [9.17, 15) is 4.79 Å². The number of nitrogens with one attached hydrogen (secondary N) is 1. The molecule has 2 aromatic heterocycles. The normalized spacial score (nSPS) is 10.4. The van der Waals surface area contributed by atoms with Gasteiger partial charge in [-0.15, -0.1) is 0 Å². The first-order chi connectivity index (χ1) is 10.7. The number of carbonyl (C=O) groups is 1. The van der Waals surface area contributed by atoms with E-state index in [1.807, 2.05) is 24.3 Å². The number of hydrogen-bond acceptors (Lipinski definition) is 3. The van der Waals surface area contributed by atoms with Gasteiger partial charge < -0.3 is 5.32 Å². The van der Waals surface area contributed by atoms with Gasteiger partial charge in [0.2, 0.25) is 0 Å². The molecule has 1 aromatic carbocycles. The zero-order chi connectivity index (χ0) is 15.4. The Hall–Kier alpha value is -2.66. The van der Waals surface area contributed by atoms with Gasteiger partial charge in [0.15, 0.2) is 0 Å². The lowest BCUT2D eigenvalue weighted by molar-refractivity contribution is 0.102. The highest BCUT2D eigenvalue weighted by atomic mass is 35.5. The predicted octanol–water partition coefficient (Wildman–Crippen LogP) is 3.23. The highest BCUT2D eigenvalue weighted by Gasteiger charge is 2.09.